The molecule has 0 amide bonds. The van der Waals surface area contributed by atoms with E-state index in [0.29, 0.717) is 13.1 Å². The number of hydrogen-bond donors (Lipinski definition) is 2. The van der Waals surface area contributed by atoms with Crippen LogP contribution in [-0.4, -0.2) is 55.9 Å². The van der Waals surface area contributed by atoms with Crippen molar-refractivity contribution in [1.82, 2.24) is 15.5 Å². The summed E-state index contributed by atoms with van der Waals surface area (Å²) < 4.78 is 39.1. The van der Waals surface area contributed by atoms with Crippen LogP contribution in [0.25, 0.3) is 0 Å². The summed E-state index contributed by atoms with van der Waals surface area (Å²) in [7, 11) is 0. The average Bonchev–Trinajstić information content (AvgIpc) is 2.54. The van der Waals surface area contributed by atoms with Gasteiger partial charge in [0.15, 0.2) is 0 Å². The highest BCUT2D eigenvalue weighted by Gasteiger charge is 2.45. The molecule has 100 valence electrons. The van der Waals surface area contributed by atoms with Gasteiger partial charge in [0.2, 0.25) is 0 Å². The first kappa shape index (κ1) is 13.1. The van der Waals surface area contributed by atoms with E-state index in [1.54, 1.807) is 4.90 Å². The number of alkyl halides is 3. The molecule has 2 rings (SSSR count). The van der Waals surface area contributed by atoms with Crippen LogP contribution in [-0.2, 0) is 0 Å². The fraction of sp³-hybridized carbons (Fsp3) is 1.00. The zero-order chi connectivity index (χ0) is 12.3. The number of piperidine rings is 1. The van der Waals surface area contributed by atoms with Gasteiger partial charge in [-0.15, -0.1) is 0 Å². The summed E-state index contributed by atoms with van der Waals surface area (Å²) in [6.45, 7) is 2.95. The molecule has 2 aliphatic rings. The minimum Gasteiger partial charge on any atom is -0.317 e. The van der Waals surface area contributed by atoms with Crippen molar-refractivity contribution in [3.05, 3.63) is 0 Å². The van der Waals surface area contributed by atoms with Gasteiger partial charge in [0.1, 0.15) is 6.04 Å². The van der Waals surface area contributed by atoms with Crippen LogP contribution in [0.2, 0.25) is 0 Å². The number of nitrogens with zero attached hydrogens (tertiary/aromatic N) is 1. The summed E-state index contributed by atoms with van der Waals surface area (Å²) in [6, 6.07) is -1.23. The fourth-order valence-electron chi connectivity index (χ4n) is 2.78. The van der Waals surface area contributed by atoms with Crippen molar-refractivity contribution in [2.24, 2.45) is 0 Å². The molecular formula is C11H20F3N3. The van der Waals surface area contributed by atoms with Crippen LogP contribution in [0.4, 0.5) is 13.2 Å². The third-order valence-electron chi connectivity index (χ3n) is 3.66. The second kappa shape index (κ2) is 5.54. The number of halogens is 3. The zero-order valence-corrected chi connectivity index (χ0v) is 9.89. The van der Waals surface area contributed by atoms with Crippen molar-refractivity contribution in [2.75, 3.05) is 32.7 Å². The van der Waals surface area contributed by atoms with Crippen molar-refractivity contribution >= 4 is 0 Å². The Hall–Kier alpha value is -0.330. The first-order valence-electron chi connectivity index (χ1n) is 6.33. The quantitative estimate of drug-likeness (QED) is 0.727. The molecule has 0 aliphatic carbocycles. The molecule has 0 bridgehead atoms. The average molecular weight is 251 g/mol. The first-order valence-corrected chi connectivity index (χ1v) is 6.33. The molecule has 2 heterocycles. The largest absolute Gasteiger partial charge is 0.405 e. The molecule has 1 unspecified atom stereocenters. The highest BCUT2D eigenvalue weighted by Crippen LogP contribution is 2.29. The minimum absolute atomic E-state index is 0.0351. The standard InChI is InChI=1S/C11H20F3N3/c12-11(13,14)10-8-16-4-1-7-17(10)9-2-5-15-6-3-9/h9-10,15-16H,1-8H2. The molecule has 2 N–H and O–H groups in total. The summed E-state index contributed by atoms with van der Waals surface area (Å²) in [4.78, 5) is 1.68. The number of hydrogen-bond acceptors (Lipinski definition) is 3. The molecule has 2 saturated heterocycles. The van der Waals surface area contributed by atoms with Crippen molar-refractivity contribution in [3.63, 3.8) is 0 Å². The zero-order valence-electron chi connectivity index (χ0n) is 9.89. The van der Waals surface area contributed by atoms with E-state index in [2.05, 4.69) is 10.6 Å². The van der Waals surface area contributed by atoms with Gasteiger partial charge in [-0.1, -0.05) is 0 Å². The van der Waals surface area contributed by atoms with Crippen molar-refractivity contribution in [1.29, 1.82) is 0 Å². The van der Waals surface area contributed by atoms with Gasteiger partial charge < -0.3 is 10.6 Å². The lowest BCUT2D eigenvalue weighted by atomic mass is 10.0. The Kier molecular flexibility index (Phi) is 4.27. The third-order valence-corrected chi connectivity index (χ3v) is 3.66. The lowest BCUT2D eigenvalue weighted by Gasteiger charge is -2.39. The summed E-state index contributed by atoms with van der Waals surface area (Å²) in [6.07, 6.45) is -1.67. The predicted octanol–water partition coefficient (Wildman–Crippen LogP) is 0.965. The van der Waals surface area contributed by atoms with Crippen LogP contribution >= 0.6 is 0 Å². The Balaban J connectivity index is 2.07. The maximum absolute atomic E-state index is 13.0. The van der Waals surface area contributed by atoms with Gasteiger partial charge in [-0.3, -0.25) is 4.90 Å². The van der Waals surface area contributed by atoms with Gasteiger partial charge >= 0.3 is 6.18 Å². The van der Waals surface area contributed by atoms with Crippen LogP contribution < -0.4 is 10.6 Å². The van der Waals surface area contributed by atoms with Crippen LogP contribution in [0.3, 0.4) is 0 Å². The summed E-state index contributed by atoms with van der Waals surface area (Å²) in [5, 5.41) is 6.10. The Morgan fingerprint density at radius 2 is 1.71 bits per heavy atom. The number of rotatable bonds is 1. The molecule has 0 aromatic rings. The summed E-state index contributed by atoms with van der Waals surface area (Å²) >= 11 is 0. The van der Waals surface area contributed by atoms with Gasteiger partial charge in [0.05, 0.1) is 0 Å². The molecule has 0 aromatic heterocycles. The normalized spacial score (nSPS) is 30.2. The van der Waals surface area contributed by atoms with Crippen molar-refractivity contribution in [2.45, 2.75) is 37.5 Å². The van der Waals surface area contributed by atoms with Crippen LogP contribution in [0.1, 0.15) is 19.3 Å². The van der Waals surface area contributed by atoms with Gasteiger partial charge in [0, 0.05) is 19.1 Å². The topological polar surface area (TPSA) is 27.3 Å². The van der Waals surface area contributed by atoms with E-state index in [1.165, 1.54) is 0 Å². The molecule has 0 aromatic carbocycles. The highest BCUT2D eigenvalue weighted by atomic mass is 19.4. The van der Waals surface area contributed by atoms with Gasteiger partial charge in [-0.2, -0.15) is 13.2 Å². The lowest BCUT2D eigenvalue weighted by molar-refractivity contribution is -0.187. The molecule has 0 saturated carbocycles. The smallest absolute Gasteiger partial charge is 0.317 e. The Bertz CT molecular complexity index is 239. The maximum Gasteiger partial charge on any atom is 0.405 e. The van der Waals surface area contributed by atoms with Crippen LogP contribution in [0.15, 0.2) is 0 Å². The minimum atomic E-state index is -4.12. The van der Waals surface area contributed by atoms with Crippen molar-refractivity contribution < 1.29 is 13.2 Å². The molecule has 1 atom stereocenters. The monoisotopic (exact) mass is 251 g/mol. The van der Waals surface area contributed by atoms with Gasteiger partial charge in [-0.25, -0.2) is 0 Å². The Labute approximate surface area is 99.7 Å². The van der Waals surface area contributed by atoms with E-state index in [4.69, 9.17) is 0 Å². The molecule has 17 heavy (non-hydrogen) atoms. The number of nitrogens with one attached hydrogen (secondary N) is 2. The maximum atomic E-state index is 13.0. The van der Waals surface area contributed by atoms with Crippen molar-refractivity contribution in [3.8, 4) is 0 Å². The van der Waals surface area contributed by atoms with Crippen LogP contribution in [0, 0.1) is 0 Å². The molecule has 3 nitrogen and oxygen atoms in total. The lowest BCUT2D eigenvalue weighted by Crippen LogP contribution is -2.55. The summed E-state index contributed by atoms with van der Waals surface area (Å²) in [5.74, 6) is 0. The second-order valence-electron chi connectivity index (χ2n) is 4.83. The Morgan fingerprint density at radius 1 is 1.00 bits per heavy atom. The first-order chi connectivity index (χ1) is 8.09. The molecule has 2 fully saturated rings. The molecule has 0 spiro atoms. The molecular weight excluding hydrogens is 231 g/mol. The Morgan fingerprint density at radius 3 is 2.35 bits per heavy atom. The molecule has 6 heteroatoms. The molecule has 0 radical (unpaired) electrons. The molecule has 2 aliphatic heterocycles. The second-order valence-corrected chi connectivity index (χ2v) is 4.83. The van der Waals surface area contributed by atoms with Gasteiger partial charge in [-0.05, 0) is 38.9 Å². The van der Waals surface area contributed by atoms with E-state index >= 15 is 0 Å². The highest BCUT2D eigenvalue weighted by molar-refractivity contribution is 4.89. The third kappa shape index (κ3) is 3.33. The van der Waals surface area contributed by atoms with E-state index in [-0.39, 0.29) is 12.6 Å². The van der Waals surface area contributed by atoms with E-state index in [1.807, 2.05) is 0 Å². The van der Waals surface area contributed by atoms with E-state index < -0.39 is 12.2 Å². The van der Waals surface area contributed by atoms with E-state index in [9.17, 15) is 13.2 Å². The van der Waals surface area contributed by atoms with Gasteiger partial charge in [0.25, 0.3) is 0 Å². The van der Waals surface area contributed by atoms with Crippen LogP contribution in [0.5, 0.6) is 0 Å². The predicted molar refractivity (Wildman–Crippen MR) is 59.9 cm³/mol. The SMILES string of the molecule is FC(F)(F)C1CNCCCN1C1CCNCC1. The fourth-order valence-corrected chi connectivity index (χ4v) is 2.78. The summed E-state index contributed by atoms with van der Waals surface area (Å²) in [5.41, 5.74) is 0. The van der Waals surface area contributed by atoms with E-state index in [0.717, 1.165) is 32.4 Å².